The van der Waals surface area contributed by atoms with Crippen LogP contribution in [0.15, 0.2) is 91.0 Å². The molecule has 0 amide bonds. The maximum atomic E-state index is 12.0. The van der Waals surface area contributed by atoms with Crippen LogP contribution in [0.2, 0.25) is 0 Å². The molecule has 1 heterocycles. The zero-order chi connectivity index (χ0) is 25.2. The van der Waals surface area contributed by atoms with Crippen LogP contribution in [-0.4, -0.2) is 55.8 Å². The van der Waals surface area contributed by atoms with Gasteiger partial charge in [-0.05, 0) is 16.7 Å². The lowest BCUT2D eigenvalue weighted by atomic mass is 9.98. The van der Waals surface area contributed by atoms with Gasteiger partial charge in [0.2, 0.25) is 0 Å². The molecule has 0 N–H and O–H groups in total. The van der Waals surface area contributed by atoms with Crippen molar-refractivity contribution in [2.45, 2.75) is 50.5 Å². The van der Waals surface area contributed by atoms with Crippen molar-refractivity contribution in [3.05, 3.63) is 113 Å². The molecule has 4 rings (SSSR count). The van der Waals surface area contributed by atoms with Crippen molar-refractivity contribution < 1.29 is 28.4 Å². The average molecular weight is 492 g/mol. The standard InChI is InChI=1S/C29H33NO6/c1-30(31)18-25-26(33-19-22-12-6-3-7-13-22)27(34-20-23-14-8-4-9-15-23)28(29(32-2)36-25)35-21-24-16-10-5-11-17-24/h3-18,25-29H,19-21H2,1-2H3/b30-18-/t25-,26-,27+,28-,29+/m1/s1. The summed E-state index contributed by atoms with van der Waals surface area (Å²) in [6.07, 6.45) is -1.80. The molecule has 0 spiro atoms. The van der Waals surface area contributed by atoms with E-state index in [0.717, 1.165) is 21.4 Å². The molecule has 36 heavy (non-hydrogen) atoms. The van der Waals surface area contributed by atoms with Crippen LogP contribution in [0.5, 0.6) is 0 Å². The lowest BCUT2D eigenvalue weighted by Crippen LogP contribution is -2.61. The number of hydrogen-bond acceptors (Lipinski definition) is 6. The molecule has 1 aliphatic heterocycles. The van der Waals surface area contributed by atoms with Crippen molar-refractivity contribution in [2.24, 2.45) is 0 Å². The minimum absolute atomic E-state index is 0.329. The monoisotopic (exact) mass is 491 g/mol. The molecule has 0 radical (unpaired) electrons. The third kappa shape index (κ3) is 7.22. The number of rotatable bonds is 11. The SMILES string of the molecule is CO[C@H]1O[C@H](/C=[N+](/C)[O-])[C@@H](OCc2ccccc2)[C@H](OCc2ccccc2)[C@H]1OCc1ccccc1. The third-order valence-corrected chi connectivity index (χ3v) is 5.98. The average Bonchev–Trinajstić information content (AvgIpc) is 2.91. The summed E-state index contributed by atoms with van der Waals surface area (Å²) in [7, 11) is 2.97. The lowest BCUT2D eigenvalue weighted by molar-refractivity contribution is -0.425. The summed E-state index contributed by atoms with van der Waals surface area (Å²) in [5, 5.41) is 12.0. The van der Waals surface area contributed by atoms with Crippen LogP contribution in [0.4, 0.5) is 0 Å². The largest absolute Gasteiger partial charge is 0.624 e. The highest BCUT2D eigenvalue weighted by Gasteiger charge is 2.49. The van der Waals surface area contributed by atoms with Gasteiger partial charge in [-0.1, -0.05) is 91.0 Å². The molecule has 1 aliphatic rings. The van der Waals surface area contributed by atoms with Crippen molar-refractivity contribution in [2.75, 3.05) is 14.2 Å². The first kappa shape index (κ1) is 26.0. The molecule has 0 unspecified atom stereocenters. The summed E-state index contributed by atoms with van der Waals surface area (Å²) < 4.78 is 31.8. The van der Waals surface area contributed by atoms with Gasteiger partial charge in [0.15, 0.2) is 18.6 Å². The summed E-state index contributed by atoms with van der Waals surface area (Å²) in [4.78, 5) is 0. The first-order valence-corrected chi connectivity index (χ1v) is 12.0. The quantitative estimate of drug-likeness (QED) is 0.172. The van der Waals surface area contributed by atoms with Gasteiger partial charge in [-0.15, -0.1) is 0 Å². The van der Waals surface area contributed by atoms with E-state index in [-0.39, 0.29) is 0 Å². The molecular weight excluding hydrogens is 458 g/mol. The molecule has 0 aliphatic carbocycles. The van der Waals surface area contributed by atoms with Crippen LogP contribution in [0.1, 0.15) is 16.7 Å². The lowest BCUT2D eigenvalue weighted by Gasteiger charge is -2.44. The Hall–Kier alpha value is -3.07. The third-order valence-electron chi connectivity index (χ3n) is 5.98. The number of methoxy groups -OCH3 is 1. The molecule has 5 atom stereocenters. The summed E-state index contributed by atoms with van der Waals surface area (Å²) in [6.45, 7) is 1.02. The fourth-order valence-corrected chi connectivity index (χ4v) is 4.21. The molecule has 190 valence electrons. The van der Waals surface area contributed by atoms with Gasteiger partial charge < -0.3 is 28.9 Å². The minimum atomic E-state index is -0.757. The second-order valence-electron chi connectivity index (χ2n) is 8.68. The van der Waals surface area contributed by atoms with Crippen LogP contribution >= 0.6 is 0 Å². The van der Waals surface area contributed by atoms with Gasteiger partial charge in [0, 0.05) is 7.11 Å². The zero-order valence-electron chi connectivity index (χ0n) is 20.6. The molecule has 3 aromatic rings. The highest BCUT2D eigenvalue weighted by molar-refractivity contribution is 5.59. The summed E-state index contributed by atoms with van der Waals surface area (Å²) in [5.74, 6) is 0. The van der Waals surface area contributed by atoms with Crippen LogP contribution in [0.3, 0.4) is 0 Å². The molecule has 0 aromatic heterocycles. The van der Waals surface area contributed by atoms with Crippen molar-refractivity contribution in [3.8, 4) is 0 Å². The first-order chi connectivity index (χ1) is 17.6. The van der Waals surface area contributed by atoms with Gasteiger partial charge in [0.1, 0.15) is 25.4 Å². The smallest absolute Gasteiger partial charge is 0.187 e. The fraction of sp³-hybridized carbons (Fsp3) is 0.345. The Morgan fingerprint density at radius 2 is 1.11 bits per heavy atom. The first-order valence-electron chi connectivity index (χ1n) is 12.0. The van der Waals surface area contributed by atoms with E-state index in [1.807, 2.05) is 91.0 Å². The number of hydrogen-bond donors (Lipinski definition) is 0. The molecule has 1 fully saturated rings. The number of ether oxygens (including phenoxy) is 5. The van der Waals surface area contributed by atoms with Crippen LogP contribution < -0.4 is 0 Å². The fourth-order valence-electron chi connectivity index (χ4n) is 4.21. The Balaban J connectivity index is 1.61. The molecule has 1 saturated heterocycles. The molecule has 0 saturated carbocycles. The van der Waals surface area contributed by atoms with Crippen LogP contribution in [-0.2, 0) is 43.5 Å². The van der Waals surface area contributed by atoms with E-state index in [0.29, 0.717) is 19.8 Å². The normalized spacial score (nSPS) is 24.5. The van der Waals surface area contributed by atoms with Gasteiger partial charge in [-0.3, -0.25) is 0 Å². The zero-order valence-corrected chi connectivity index (χ0v) is 20.6. The van der Waals surface area contributed by atoms with Gasteiger partial charge >= 0.3 is 0 Å². The maximum Gasteiger partial charge on any atom is 0.187 e. The van der Waals surface area contributed by atoms with Crippen molar-refractivity contribution in [1.82, 2.24) is 0 Å². The Morgan fingerprint density at radius 3 is 1.53 bits per heavy atom. The van der Waals surface area contributed by atoms with Crippen molar-refractivity contribution in [1.29, 1.82) is 0 Å². The molecule has 7 nitrogen and oxygen atoms in total. The second kappa shape index (κ2) is 13.3. The molecule has 7 heteroatoms. The topological polar surface area (TPSA) is 72.2 Å². The Labute approximate surface area is 212 Å². The predicted octanol–water partition coefficient (Wildman–Crippen LogP) is 4.32. The second-order valence-corrected chi connectivity index (χ2v) is 8.68. The number of hydroxylamine groups is 1. The Kier molecular flexibility index (Phi) is 9.61. The van der Waals surface area contributed by atoms with Crippen LogP contribution in [0, 0.1) is 5.21 Å². The molecule has 3 aromatic carbocycles. The minimum Gasteiger partial charge on any atom is -0.624 e. The van der Waals surface area contributed by atoms with Gasteiger partial charge in [-0.25, -0.2) is 4.74 Å². The number of nitrogens with zero attached hydrogens (tertiary/aromatic N) is 1. The summed E-state index contributed by atoms with van der Waals surface area (Å²) >= 11 is 0. The number of benzene rings is 3. The molecule has 0 bridgehead atoms. The van der Waals surface area contributed by atoms with Crippen molar-refractivity contribution in [3.63, 3.8) is 0 Å². The van der Waals surface area contributed by atoms with E-state index in [1.165, 1.54) is 13.3 Å². The Morgan fingerprint density at radius 1 is 0.694 bits per heavy atom. The maximum absolute atomic E-state index is 12.0. The van der Waals surface area contributed by atoms with Crippen LogP contribution in [0.25, 0.3) is 0 Å². The van der Waals surface area contributed by atoms with E-state index < -0.39 is 30.7 Å². The van der Waals surface area contributed by atoms with E-state index >= 15 is 0 Å². The van der Waals surface area contributed by atoms with E-state index in [1.54, 1.807) is 7.11 Å². The van der Waals surface area contributed by atoms with Gasteiger partial charge in [0.05, 0.1) is 19.8 Å². The summed E-state index contributed by atoms with van der Waals surface area (Å²) in [6, 6.07) is 29.7. The van der Waals surface area contributed by atoms with E-state index in [2.05, 4.69) is 0 Å². The van der Waals surface area contributed by atoms with Crippen molar-refractivity contribution >= 4 is 6.21 Å². The predicted molar refractivity (Wildman–Crippen MR) is 136 cm³/mol. The summed E-state index contributed by atoms with van der Waals surface area (Å²) in [5.41, 5.74) is 3.04. The highest BCUT2D eigenvalue weighted by Crippen LogP contribution is 2.30. The van der Waals surface area contributed by atoms with E-state index in [4.69, 9.17) is 23.7 Å². The van der Waals surface area contributed by atoms with Gasteiger partial charge in [-0.2, -0.15) is 0 Å². The molecular formula is C29H33NO6. The highest BCUT2D eigenvalue weighted by atomic mass is 16.7. The Bertz CT molecular complexity index is 1060. The van der Waals surface area contributed by atoms with Gasteiger partial charge in [0.25, 0.3) is 0 Å². The van der Waals surface area contributed by atoms with E-state index in [9.17, 15) is 5.21 Å².